The Morgan fingerprint density at radius 3 is 2.76 bits per heavy atom. The lowest BCUT2D eigenvalue weighted by Crippen LogP contribution is -2.43. The van der Waals surface area contributed by atoms with Crippen molar-refractivity contribution < 1.29 is 9.52 Å². The highest BCUT2D eigenvalue weighted by molar-refractivity contribution is 14.0. The Labute approximate surface area is 142 Å². The molecule has 2 rings (SSSR count). The van der Waals surface area contributed by atoms with Gasteiger partial charge >= 0.3 is 0 Å². The number of aliphatic hydroxyl groups is 1. The van der Waals surface area contributed by atoms with Crippen LogP contribution in [0.15, 0.2) is 40.0 Å². The lowest BCUT2D eigenvalue weighted by molar-refractivity contribution is 0.0437. The maximum atomic E-state index is 10.4. The third kappa shape index (κ3) is 5.35. The second kappa shape index (κ2) is 8.43. The molecule has 1 aromatic heterocycles. The number of rotatable bonds is 5. The molecule has 3 N–H and O–H groups in total. The van der Waals surface area contributed by atoms with E-state index in [-0.39, 0.29) is 30.5 Å². The van der Waals surface area contributed by atoms with Crippen molar-refractivity contribution in [2.75, 3.05) is 13.1 Å². The molecule has 1 aliphatic rings. The zero-order valence-electron chi connectivity index (χ0n) is 12.5. The molecule has 118 valence electrons. The normalized spacial score (nSPS) is 18.1. The highest BCUT2D eigenvalue weighted by Crippen LogP contribution is 2.21. The lowest BCUT2D eigenvalue weighted by atomic mass is 10.0. The van der Waals surface area contributed by atoms with Crippen LogP contribution in [-0.2, 0) is 5.60 Å². The lowest BCUT2D eigenvalue weighted by Gasteiger charge is -2.21. The smallest absolute Gasteiger partial charge is 0.191 e. The van der Waals surface area contributed by atoms with Crippen molar-refractivity contribution in [3.8, 4) is 0 Å². The summed E-state index contributed by atoms with van der Waals surface area (Å²) in [6, 6.07) is 3.92. The molecule has 1 unspecified atom stereocenters. The van der Waals surface area contributed by atoms with E-state index in [0.29, 0.717) is 11.8 Å². The summed E-state index contributed by atoms with van der Waals surface area (Å²) in [7, 11) is 0. The van der Waals surface area contributed by atoms with Crippen LogP contribution in [0.1, 0.15) is 32.4 Å². The zero-order valence-corrected chi connectivity index (χ0v) is 14.8. The first-order valence-corrected chi connectivity index (χ1v) is 7.08. The summed E-state index contributed by atoms with van der Waals surface area (Å²) in [4.78, 5) is 4.46. The monoisotopic (exact) mass is 405 g/mol. The fourth-order valence-electron chi connectivity index (χ4n) is 2.14. The largest absolute Gasteiger partial charge is 0.466 e. The molecule has 21 heavy (non-hydrogen) atoms. The Bertz CT molecular complexity index is 461. The number of nitrogens with one attached hydrogen (secondary N) is 2. The van der Waals surface area contributed by atoms with Gasteiger partial charge in [0.2, 0.25) is 0 Å². The van der Waals surface area contributed by atoms with Gasteiger partial charge in [0, 0.05) is 12.6 Å². The third-order valence-corrected chi connectivity index (χ3v) is 3.29. The van der Waals surface area contributed by atoms with E-state index in [9.17, 15) is 5.11 Å². The van der Waals surface area contributed by atoms with E-state index in [1.165, 1.54) is 0 Å². The predicted molar refractivity (Wildman–Crippen MR) is 95.0 cm³/mol. The number of nitrogens with zero attached hydrogens (tertiary/aromatic N) is 1. The van der Waals surface area contributed by atoms with E-state index in [0.717, 1.165) is 25.3 Å². The van der Waals surface area contributed by atoms with Crippen LogP contribution in [0.3, 0.4) is 0 Å². The van der Waals surface area contributed by atoms with E-state index in [2.05, 4.69) is 27.8 Å². The minimum atomic E-state index is -1.10. The van der Waals surface area contributed by atoms with Gasteiger partial charge in [0.15, 0.2) is 5.96 Å². The van der Waals surface area contributed by atoms with Crippen LogP contribution in [0, 0.1) is 0 Å². The Kier molecular flexibility index (Phi) is 7.24. The van der Waals surface area contributed by atoms with E-state index in [4.69, 9.17) is 4.42 Å². The first kappa shape index (κ1) is 18.0. The molecular formula is C15H24IN3O2. The molecule has 0 aromatic carbocycles. The summed E-state index contributed by atoms with van der Waals surface area (Å²) in [6.07, 6.45) is 7.92. The van der Waals surface area contributed by atoms with Crippen LogP contribution < -0.4 is 10.6 Å². The van der Waals surface area contributed by atoms with Crippen LogP contribution in [0.2, 0.25) is 0 Å². The quantitative estimate of drug-likeness (QED) is 0.305. The summed E-state index contributed by atoms with van der Waals surface area (Å²) in [5, 5.41) is 17.0. The molecule has 0 radical (unpaired) electrons. The fourth-order valence-corrected chi connectivity index (χ4v) is 2.14. The average Bonchev–Trinajstić information content (AvgIpc) is 3.09. The summed E-state index contributed by atoms with van der Waals surface area (Å²) in [6.45, 7) is 4.76. The molecule has 1 heterocycles. The third-order valence-electron chi connectivity index (χ3n) is 3.29. The molecule has 0 bridgehead atoms. The van der Waals surface area contributed by atoms with E-state index >= 15 is 0 Å². The van der Waals surface area contributed by atoms with E-state index in [1.54, 1.807) is 25.3 Å². The maximum Gasteiger partial charge on any atom is 0.191 e. The van der Waals surface area contributed by atoms with Gasteiger partial charge in [-0.15, -0.1) is 24.0 Å². The fraction of sp³-hybridized carbons (Fsp3) is 0.533. The Balaban J connectivity index is 0.00000220. The van der Waals surface area contributed by atoms with Crippen LogP contribution in [-0.4, -0.2) is 30.2 Å². The molecular weight excluding hydrogens is 381 g/mol. The molecule has 0 fully saturated rings. The summed E-state index contributed by atoms with van der Waals surface area (Å²) < 4.78 is 5.25. The Morgan fingerprint density at radius 1 is 1.48 bits per heavy atom. The summed E-state index contributed by atoms with van der Waals surface area (Å²) in [5.74, 6) is 1.26. The van der Waals surface area contributed by atoms with Gasteiger partial charge in [-0.3, -0.25) is 0 Å². The van der Waals surface area contributed by atoms with Crippen molar-refractivity contribution in [3.05, 3.63) is 36.3 Å². The van der Waals surface area contributed by atoms with Gasteiger partial charge in [0.05, 0.1) is 12.8 Å². The highest BCUT2D eigenvalue weighted by Gasteiger charge is 2.26. The van der Waals surface area contributed by atoms with Crippen molar-refractivity contribution in [1.29, 1.82) is 0 Å². The number of halogens is 1. The zero-order chi connectivity index (χ0) is 14.4. The van der Waals surface area contributed by atoms with Crippen LogP contribution >= 0.6 is 24.0 Å². The topological polar surface area (TPSA) is 69.8 Å². The van der Waals surface area contributed by atoms with E-state index in [1.807, 2.05) is 6.92 Å². The summed E-state index contributed by atoms with van der Waals surface area (Å²) >= 11 is 0. The van der Waals surface area contributed by atoms with Crippen molar-refractivity contribution in [3.63, 3.8) is 0 Å². The molecule has 0 saturated heterocycles. The highest BCUT2D eigenvalue weighted by atomic mass is 127. The van der Waals surface area contributed by atoms with Crippen molar-refractivity contribution in [2.24, 2.45) is 4.99 Å². The molecule has 0 aliphatic heterocycles. The number of aliphatic imine (C=N–C) groups is 1. The van der Waals surface area contributed by atoms with Gasteiger partial charge in [-0.05, 0) is 38.8 Å². The predicted octanol–water partition coefficient (Wildman–Crippen LogP) is 2.38. The van der Waals surface area contributed by atoms with Gasteiger partial charge in [0.1, 0.15) is 11.4 Å². The van der Waals surface area contributed by atoms with Crippen molar-refractivity contribution in [1.82, 2.24) is 10.6 Å². The minimum Gasteiger partial charge on any atom is -0.466 e. The van der Waals surface area contributed by atoms with Gasteiger partial charge in [-0.1, -0.05) is 12.2 Å². The molecule has 6 heteroatoms. The number of furan rings is 1. The molecule has 0 amide bonds. The molecule has 0 spiro atoms. The SMILES string of the molecule is CCNC(=NCC(C)(O)c1ccco1)NC1CC=CC1.I. The Morgan fingerprint density at radius 2 is 2.19 bits per heavy atom. The van der Waals surface area contributed by atoms with Gasteiger partial charge in [-0.25, -0.2) is 4.99 Å². The standard InChI is InChI=1S/C15H23N3O2.HI/c1-3-16-14(18-12-7-4-5-8-12)17-11-15(2,19)13-9-6-10-20-13;/h4-6,9-10,12,19H,3,7-8,11H2,1-2H3,(H2,16,17,18);1H. The molecule has 1 aromatic rings. The van der Waals surface area contributed by atoms with Crippen LogP contribution in [0.5, 0.6) is 0 Å². The van der Waals surface area contributed by atoms with Crippen LogP contribution in [0.25, 0.3) is 0 Å². The second-order valence-corrected chi connectivity index (χ2v) is 5.23. The average molecular weight is 405 g/mol. The molecule has 0 saturated carbocycles. The maximum absolute atomic E-state index is 10.4. The van der Waals surface area contributed by atoms with Crippen molar-refractivity contribution in [2.45, 2.75) is 38.3 Å². The minimum absolute atomic E-state index is 0. The number of hydrogen-bond donors (Lipinski definition) is 3. The molecule has 1 atom stereocenters. The van der Waals surface area contributed by atoms with Crippen LogP contribution in [0.4, 0.5) is 0 Å². The number of guanidine groups is 1. The first-order chi connectivity index (χ1) is 9.62. The first-order valence-electron chi connectivity index (χ1n) is 7.08. The number of hydrogen-bond acceptors (Lipinski definition) is 3. The second-order valence-electron chi connectivity index (χ2n) is 5.23. The molecule has 1 aliphatic carbocycles. The van der Waals surface area contributed by atoms with Crippen molar-refractivity contribution >= 4 is 29.9 Å². The van der Waals surface area contributed by atoms with Gasteiger partial charge in [0.25, 0.3) is 0 Å². The van der Waals surface area contributed by atoms with E-state index < -0.39 is 5.60 Å². The summed E-state index contributed by atoms with van der Waals surface area (Å²) in [5.41, 5.74) is -1.10. The van der Waals surface area contributed by atoms with Gasteiger partial charge < -0.3 is 20.2 Å². The Hall–Kier alpha value is -1.02. The molecule has 5 nitrogen and oxygen atoms in total. The van der Waals surface area contributed by atoms with Gasteiger partial charge in [-0.2, -0.15) is 0 Å².